The zero-order chi connectivity index (χ0) is 16.4. The quantitative estimate of drug-likeness (QED) is 0.608. The molecule has 4 aromatic rings. The van der Waals surface area contributed by atoms with Crippen LogP contribution in [0.3, 0.4) is 0 Å². The molecule has 0 saturated heterocycles. The Labute approximate surface area is 138 Å². The average molecular weight is 320 g/mol. The van der Waals surface area contributed by atoms with Crippen molar-refractivity contribution in [3.8, 4) is 22.6 Å². The first-order chi connectivity index (χ1) is 11.9. The maximum Gasteiger partial charge on any atom is 0.179 e. The molecule has 0 amide bonds. The summed E-state index contributed by atoms with van der Waals surface area (Å²) in [5.41, 5.74) is 3.72. The van der Waals surface area contributed by atoms with Gasteiger partial charge in [-0.3, -0.25) is 0 Å². The number of nitrogens with zero attached hydrogens (tertiary/aromatic N) is 6. The van der Waals surface area contributed by atoms with Crippen LogP contribution in [-0.2, 0) is 6.54 Å². The van der Waals surface area contributed by atoms with Crippen LogP contribution in [0, 0.1) is 0 Å². The second-order valence-electron chi connectivity index (χ2n) is 5.46. The molecule has 120 valence electrons. The normalized spacial score (nSPS) is 11.2. The van der Waals surface area contributed by atoms with Crippen molar-refractivity contribution >= 4 is 5.65 Å². The molecule has 0 bridgehead atoms. The Kier molecular flexibility index (Phi) is 3.76. The minimum atomic E-state index is 0.173. The Morgan fingerprint density at radius 1 is 1.00 bits per heavy atom. The van der Waals surface area contributed by atoms with E-state index in [2.05, 4.69) is 20.5 Å². The largest absolute Gasteiger partial charge is 0.396 e. The van der Waals surface area contributed by atoms with E-state index in [-0.39, 0.29) is 6.61 Å². The summed E-state index contributed by atoms with van der Waals surface area (Å²) in [5, 5.41) is 20.7. The van der Waals surface area contributed by atoms with E-state index in [1.165, 1.54) is 0 Å². The Bertz CT molecular complexity index is 957. The van der Waals surface area contributed by atoms with Crippen molar-refractivity contribution in [2.45, 2.75) is 13.0 Å². The van der Waals surface area contributed by atoms with E-state index in [0.717, 1.165) is 34.8 Å². The summed E-state index contributed by atoms with van der Waals surface area (Å²) >= 11 is 0. The van der Waals surface area contributed by atoms with Crippen molar-refractivity contribution in [1.82, 2.24) is 29.6 Å². The Hall–Kier alpha value is -3.06. The van der Waals surface area contributed by atoms with E-state index in [1.807, 2.05) is 53.2 Å². The van der Waals surface area contributed by atoms with E-state index in [0.29, 0.717) is 6.42 Å². The zero-order valence-corrected chi connectivity index (χ0v) is 12.9. The number of hydrogen-bond donors (Lipinski definition) is 1. The number of pyridine rings is 1. The number of aromatic nitrogens is 6. The number of imidazole rings is 1. The monoisotopic (exact) mass is 320 g/mol. The van der Waals surface area contributed by atoms with Crippen molar-refractivity contribution in [2.75, 3.05) is 6.61 Å². The summed E-state index contributed by atoms with van der Waals surface area (Å²) in [5.74, 6) is 0.899. The molecule has 0 spiro atoms. The van der Waals surface area contributed by atoms with Crippen LogP contribution in [-0.4, -0.2) is 41.3 Å². The predicted molar refractivity (Wildman–Crippen MR) is 89.1 cm³/mol. The summed E-state index contributed by atoms with van der Waals surface area (Å²) in [7, 11) is 0. The van der Waals surface area contributed by atoms with Crippen molar-refractivity contribution in [3.05, 3.63) is 54.9 Å². The van der Waals surface area contributed by atoms with Crippen molar-refractivity contribution < 1.29 is 5.11 Å². The minimum Gasteiger partial charge on any atom is -0.396 e. The van der Waals surface area contributed by atoms with Crippen LogP contribution in [0.15, 0.2) is 54.9 Å². The molecule has 0 aliphatic rings. The minimum absolute atomic E-state index is 0.173. The molecule has 4 rings (SSSR count). The molecule has 3 aromatic heterocycles. The molecular formula is C17H16N6O. The molecule has 24 heavy (non-hydrogen) atoms. The molecule has 0 fully saturated rings. The molecule has 1 aromatic carbocycles. The Morgan fingerprint density at radius 3 is 2.67 bits per heavy atom. The topological polar surface area (TPSA) is 81.1 Å². The smallest absolute Gasteiger partial charge is 0.179 e. The highest BCUT2D eigenvalue weighted by atomic mass is 16.3. The van der Waals surface area contributed by atoms with Crippen LogP contribution >= 0.6 is 0 Å². The van der Waals surface area contributed by atoms with Gasteiger partial charge in [0.1, 0.15) is 5.82 Å². The first-order valence-electron chi connectivity index (χ1n) is 7.77. The van der Waals surface area contributed by atoms with Gasteiger partial charge in [-0.05, 0) is 29.0 Å². The van der Waals surface area contributed by atoms with Gasteiger partial charge in [-0.1, -0.05) is 30.3 Å². The molecule has 0 atom stereocenters. The maximum atomic E-state index is 9.01. The van der Waals surface area contributed by atoms with Crippen molar-refractivity contribution in [3.63, 3.8) is 0 Å². The van der Waals surface area contributed by atoms with Gasteiger partial charge < -0.3 is 9.67 Å². The fraction of sp³-hybridized carbons (Fsp3) is 0.176. The van der Waals surface area contributed by atoms with Crippen LogP contribution in [0.4, 0.5) is 0 Å². The average Bonchev–Trinajstić information content (AvgIpc) is 3.29. The highest BCUT2D eigenvalue weighted by molar-refractivity contribution is 5.67. The number of tetrazole rings is 1. The van der Waals surface area contributed by atoms with Crippen LogP contribution in [0.5, 0.6) is 0 Å². The van der Waals surface area contributed by atoms with Gasteiger partial charge in [0.15, 0.2) is 5.65 Å². The Balaban J connectivity index is 1.68. The lowest BCUT2D eigenvalue weighted by molar-refractivity contribution is 0.280. The zero-order valence-electron chi connectivity index (χ0n) is 12.9. The van der Waals surface area contributed by atoms with E-state index in [9.17, 15) is 0 Å². The van der Waals surface area contributed by atoms with Crippen LogP contribution < -0.4 is 0 Å². The summed E-state index contributed by atoms with van der Waals surface area (Å²) in [6, 6.07) is 14.0. The molecule has 0 unspecified atom stereocenters. The van der Waals surface area contributed by atoms with Crippen molar-refractivity contribution in [1.29, 1.82) is 0 Å². The molecular weight excluding hydrogens is 304 g/mol. The highest BCUT2D eigenvalue weighted by Crippen LogP contribution is 2.24. The van der Waals surface area contributed by atoms with Crippen LogP contribution in [0.2, 0.25) is 0 Å². The molecule has 7 heteroatoms. The van der Waals surface area contributed by atoms with Gasteiger partial charge >= 0.3 is 0 Å². The SMILES string of the molecule is OCCCn1ccnc1-c1ccc(-c2cccc3nnnn23)cc1. The number of fused-ring (bicyclic) bond motifs is 1. The second-order valence-corrected chi connectivity index (χ2v) is 5.46. The summed E-state index contributed by atoms with van der Waals surface area (Å²) < 4.78 is 3.77. The number of hydrogen-bond acceptors (Lipinski definition) is 5. The third kappa shape index (κ3) is 2.55. The number of benzene rings is 1. The number of aliphatic hydroxyl groups excluding tert-OH is 1. The summed E-state index contributed by atoms with van der Waals surface area (Å²) in [6.07, 6.45) is 4.42. The lowest BCUT2D eigenvalue weighted by Crippen LogP contribution is -2.01. The van der Waals surface area contributed by atoms with Gasteiger partial charge in [0.25, 0.3) is 0 Å². The van der Waals surface area contributed by atoms with Gasteiger partial charge in [-0.25, -0.2) is 4.98 Å². The Morgan fingerprint density at radius 2 is 1.83 bits per heavy atom. The van der Waals surface area contributed by atoms with Gasteiger partial charge in [0, 0.05) is 36.7 Å². The predicted octanol–water partition coefficient (Wildman–Crippen LogP) is 2.04. The maximum absolute atomic E-state index is 9.01. The summed E-state index contributed by atoms with van der Waals surface area (Å²) in [6.45, 7) is 0.921. The number of aliphatic hydroxyl groups is 1. The van der Waals surface area contributed by atoms with E-state index < -0.39 is 0 Å². The molecule has 0 radical (unpaired) electrons. The lowest BCUT2D eigenvalue weighted by atomic mass is 10.1. The van der Waals surface area contributed by atoms with Gasteiger partial charge in [-0.15, -0.1) is 5.10 Å². The molecule has 0 saturated carbocycles. The number of rotatable bonds is 5. The van der Waals surface area contributed by atoms with Crippen LogP contribution in [0.1, 0.15) is 6.42 Å². The highest BCUT2D eigenvalue weighted by Gasteiger charge is 2.09. The van der Waals surface area contributed by atoms with E-state index in [1.54, 1.807) is 10.7 Å². The lowest BCUT2D eigenvalue weighted by Gasteiger charge is -2.08. The molecule has 3 heterocycles. The van der Waals surface area contributed by atoms with Crippen LogP contribution in [0.25, 0.3) is 28.3 Å². The molecule has 0 aliphatic heterocycles. The number of aryl methyl sites for hydroxylation is 1. The standard InChI is InChI=1S/C17H16N6O/c24-12-2-10-22-11-9-18-17(22)14-7-5-13(6-8-14)15-3-1-4-16-19-20-21-23(15)16/h1,3-9,11,24H,2,10,12H2. The first kappa shape index (κ1) is 14.5. The van der Waals surface area contributed by atoms with Gasteiger partial charge in [0.2, 0.25) is 0 Å². The van der Waals surface area contributed by atoms with E-state index >= 15 is 0 Å². The molecule has 7 nitrogen and oxygen atoms in total. The fourth-order valence-corrected chi connectivity index (χ4v) is 2.77. The second kappa shape index (κ2) is 6.21. The van der Waals surface area contributed by atoms with Gasteiger partial charge in [0.05, 0.1) is 5.69 Å². The third-order valence-electron chi connectivity index (χ3n) is 3.93. The summed E-state index contributed by atoms with van der Waals surface area (Å²) in [4.78, 5) is 4.43. The van der Waals surface area contributed by atoms with Gasteiger partial charge in [-0.2, -0.15) is 4.52 Å². The fourth-order valence-electron chi connectivity index (χ4n) is 2.77. The molecule has 0 aliphatic carbocycles. The van der Waals surface area contributed by atoms with E-state index in [4.69, 9.17) is 5.11 Å². The van der Waals surface area contributed by atoms with Crippen molar-refractivity contribution in [2.24, 2.45) is 0 Å². The third-order valence-corrected chi connectivity index (χ3v) is 3.93. The first-order valence-corrected chi connectivity index (χ1v) is 7.77. The molecule has 1 N–H and O–H groups in total.